The SMILES string of the molecule is O=C(NC(C1CC1)C1CC1)N[C@H]1CCCO[C@@H]1c1ccncc1. The first-order valence-corrected chi connectivity index (χ1v) is 8.90. The van der Waals surface area contributed by atoms with Crippen LogP contribution in [0.15, 0.2) is 24.5 Å². The number of urea groups is 1. The van der Waals surface area contributed by atoms with Crippen molar-refractivity contribution in [2.45, 2.75) is 56.7 Å². The van der Waals surface area contributed by atoms with E-state index in [-0.39, 0.29) is 18.2 Å². The average Bonchev–Trinajstić information content (AvgIpc) is 3.48. The molecule has 2 atom stereocenters. The lowest BCUT2D eigenvalue weighted by molar-refractivity contribution is -0.00759. The molecule has 2 heterocycles. The number of pyridine rings is 1. The molecule has 0 spiro atoms. The van der Waals surface area contributed by atoms with Crippen LogP contribution in [0.5, 0.6) is 0 Å². The van der Waals surface area contributed by atoms with Crippen LogP contribution in [0, 0.1) is 11.8 Å². The molecule has 0 radical (unpaired) electrons. The summed E-state index contributed by atoms with van der Waals surface area (Å²) < 4.78 is 5.93. The highest BCUT2D eigenvalue weighted by molar-refractivity contribution is 5.75. The predicted octanol–water partition coefficient (Wildman–Crippen LogP) is 2.79. The minimum Gasteiger partial charge on any atom is -0.371 e. The van der Waals surface area contributed by atoms with E-state index in [1.807, 2.05) is 12.1 Å². The van der Waals surface area contributed by atoms with Crippen molar-refractivity contribution in [2.24, 2.45) is 11.8 Å². The smallest absolute Gasteiger partial charge is 0.315 e. The Morgan fingerprint density at radius 2 is 1.83 bits per heavy atom. The number of ether oxygens (including phenoxy) is 1. The van der Waals surface area contributed by atoms with Gasteiger partial charge in [0.1, 0.15) is 6.10 Å². The van der Waals surface area contributed by atoms with Crippen LogP contribution < -0.4 is 10.6 Å². The normalized spacial score (nSPS) is 27.7. The Morgan fingerprint density at radius 3 is 2.48 bits per heavy atom. The molecule has 2 amide bonds. The van der Waals surface area contributed by atoms with E-state index in [0.29, 0.717) is 17.9 Å². The molecule has 124 valence electrons. The Balaban J connectivity index is 1.38. The van der Waals surface area contributed by atoms with Crippen molar-refractivity contribution in [1.29, 1.82) is 0 Å². The van der Waals surface area contributed by atoms with Crippen LogP contribution in [-0.2, 0) is 4.74 Å². The monoisotopic (exact) mass is 315 g/mol. The first kappa shape index (κ1) is 14.9. The summed E-state index contributed by atoms with van der Waals surface area (Å²) in [5.74, 6) is 1.43. The Hall–Kier alpha value is -1.62. The van der Waals surface area contributed by atoms with Crippen molar-refractivity contribution in [3.63, 3.8) is 0 Å². The van der Waals surface area contributed by atoms with E-state index in [0.717, 1.165) is 25.0 Å². The summed E-state index contributed by atoms with van der Waals surface area (Å²) in [6.07, 6.45) is 10.5. The third kappa shape index (κ3) is 3.66. The van der Waals surface area contributed by atoms with Crippen LogP contribution in [0.2, 0.25) is 0 Å². The molecule has 5 nitrogen and oxygen atoms in total. The molecule has 5 heteroatoms. The summed E-state index contributed by atoms with van der Waals surface area (Å²) in [6, 6.07) is 4.34. The highest BCUT2D eigenvalue weighted by atomic mass is 16.5. The molecule has 23 heavy (non-hydrogen) atoms. The van der Waals surface area contributed by atoms with Gasteiger partial charge in [-0.2, -0.15) is 0 Å². The third-order valence-corrected chi connectivity index (χ3v) is 5.23. The second kappa shape index (κ2) is 6.48. The lowest BCUT2D eigenvalue weighted by Crippen LogP contribution is -2.50. The van der Waals surface area contributed by atoms with E-state index < -0.39 is 0 Å². The fraction of sp³-hybridized carbons (Fsp3) is 0.667. The van der Waals surface area contributed by atoms with E-state index in [1.165, 1.54) is 25.7 Å². The van der Waals surface area contributed by atoms with Gasteiger partial charge in [-0.1, -0.05) is 0 Å². The molecule has 1 aromatic heterocycles. The highest BCUT2D eigenvalue weighted by Crippen LogP contribution is 2.44. The lowest BCUT2D eigenvalue weighted by atomic mass is 9.97. The van der Waals surface area contributed by atoms with Crippen LogP contribution in [0.25, 0.3) is 0 Å². The van der Waals surface area contributed by atoms with Crippen molar-refractivity contribution < 1.29 is 9.53 Å². The number of hydrogen-bond donors (Lipinski definition) is 2. The van der Waals surface area contributed by atoms with E-state index in [9.17, 15) is 4.79 Å². The highest BCUT2D eigenvalue weighted by Gasteiger charge is 2.42. The van der Waals surface area contributed by atoms with Gasteiger partial charge in [0, 0.05) is 25.0 Å². The number of rotatable bonds is 5. The summed E-state index contributed by atoms with van der Waals surface area (Å²) in [4.78, 5) is 16.5. The van der Waals surface area contributed by atoms with Crippen LogP contribution >= 0.6 is 0 Å². The minimum atomic E-state index is -0.0715. The van der Waals surface area contributed by atoms with Gasteiger partial charge in [-0.3, -0.25) is 4.98 Å². The molecule has 2 aliphatic carbocycles. The van der Waals surface area contributed by atoms with Crippen LogP contribution in [0.4, 0.5) is 4.79 Å². The summed E-state index contributed by atoms with van der Waals surface area (Å²) >= 11 is 0. The first-order valence-electron chi connectivity index (χ1n) is 8.90. The zero-order valence-electron chi connectivity index (χ0n) is 13.4. The van der Waals surface area contributed by atoms with Gasteiger partial charge >= 0.3 is 6.03 Å². The molecule has 4 rings (SSSR count). The van der Waals surface area contributed by atoms with E-state index >= 15 is 0 Å². The largest absolute Gasteiger partial charge is 0.371 e. The van der Waals surface area contributed by atoms with Gasteiger partial charge in [-0.05, 0) is 68.1 Å². The molecule has 1 saturated heterocycles. The van der Waals surface area contributed by atoms with Crippen LogP contribution in [0.1, 0.15) is 50.2 Å². The van der Waals surface area contributed by atoms with Gasteiger partial charge in [0.15, 0.2) is 0 Å². The summed E-state index contributed by atoms with van der Waals surface area (Å²) in [5, 5.41) is 6.41. The van der Waals surface area contributed by atoms with Gasteiger partial charge in [-0.15, -0.1) is 0 Å². The van der Waals surface area contributed by atoms with Crippen LogP contribution in [-0.4, -0.2) is 29.7 Å². The van der Waals surface area contributed by atoms with Gasteiger partial charge < -0.3 is 15.4 Å². The Bertz CT molecular complexity index is 530. The van der Waals surface area contributed by atoms with E-state index in [1.54, 1.807) is 12.4 Å². The standard InChI is InChI=1S/C18H25N3O2/c22-18(21-16(12-3-4-12)13-5-6-13)20-15-2-1-11-23-17(15)14-7-9-19-10-8-14/h7-10,12-13,15-17H,1-6,11H2,(H2,20,21,22)/t15-,17+/m0/s1. The van der Waals surface area contributed by atoms with Gasteiger partial charge in [0.25, 0.3) is 0 Å². The molecule has 2 saturated carbocycles. The molecule has 0 bridgehead atoms. The fourth-order valence-electron chi connectivity index (χ4n) is 3.70. The van der Waals surface area contributed by atoms with Crippen molar-refractivity contribution >= 4 is 6.03 Å². The maximum absolute atomic E-state index is 12.5. The van der Waals surface area contributed by atoms with E-state index in [2.05, 4.69) is 15.6 Å². The zero-order valence-corrected chi connectivity index (χ0v) is 13.4. The maximum atomic E-state index is 12.5. The number of hydrogen-bond acceptors (Lipinski definition) is 3. The number of nitrogens with zero attached hydrogens (tertiary/aromatic N) is 1. The van der Waals surface area contributed by atoms with Crippen molar-refractivity contribution in [1.82, 2.24) is 15.6 Å². The summed E-state index contributed by atoms with van der Waals surface area (Å²) in [6.45, 7) is 0.750. The van der Waals surface area contributed by atoms with Crippen molar-refractivity contribution in [3.05, 3.63) is 30.1 Å². The van der Waals surface area contributed by atoms with Crippen molar-refractivity contribution in [3.8, 4) is 0 Å². The van der Waals surface area contributed by atoms with Gasteiger partial charge in [0.2, 0.25) is 0 Å². The van der Waals surface area contributed by atoms with Crippen LogP contribution in [0.3, 0.4) is 0 Å². The molecule has 3 fully saturated rings. The average molecular weight is 315 g/mol. The quantitative estimate of drug-likeness (QED) is 0.878. The Kier molecular flexibility index (Phi) is 4.21. The molecular weight excluding hydrogens is 290 g/mol. The molecule has 2 N–H and O–H groups in total. The maximum Gasteiger partial charge on any atom is 0.315 e. The lowest BCUT2D eigenvalue weighted by Gasteiger charge is -2.33. The summed E-state index contributed by atoms with van der Waals surface area (Å²) in [5.41, 5.74) is 1.09. The molecule has 0 unspecified atom stereocenters. The number of carbonyl (C=O) groups is 1. The zero-order chi connectivity index (χ0) is 15.6. The fourth-order valence-corrected chi connectivity index (χ4v) is 3.70. The molecule has 1 aromatic rings. The number of aromatic nitrogens is 1. The van der Waals surface area contributed by atoms with Gasteiger partial charge in [-0.25, -0.2) is 4.79 Å². The second-order valence-electron chi connectivity index (χ2n) is 7.14. The predicted molar refractivity (Wildman–Crippen MR) is 86.9 cm³/mol. The third-order valence-electron chi connectivity index (χ3n) is 5.23. The molecule has 0 aromatic carbocycles. The summed E-state index contributed by atoms with van der Waals surface area (Å²) in [7, 11) is 0. The Labute approximate surface area is 137 Å². The van der Waals surface area contributed by atoms with Crippen molar-refractivity contribution in [2.75, 3.05) is 6.61 Å². The first-order chi connectivity index (χ1) is 11.3. The van der Waals surface area contributed by atoms with Gasteiger partial charge in [0.05, 0.1) is 6.04 Å². The minimum absolute atomic E-state index is 0.0247. The molecular formula is C18H25N3O2. The number of carbonyl (C=O) groups excluding carboxylic acids is 1. The number of amides is 2. The molecule has 3 aliphatic rings. The molecule has 1 aliphatic heterocycles. The second-order valence-corrected chi connectivity index (χ2v) is 7.14. The topological polar surface area (TPSA) is 63.2 Å². The number of nitrogens with one attached hydrogen (secondary N) is 2. The van der Waals surface area contributed by atoms with E-state index in [4.69, 9.17) is 4.74 Å². The Morgan fingerprint density at radius 1 is 1.13 bits per heavy atom.